The molecule has 0 bridgehead atoms. The zero-order chi connectivity index (χ0) is 19.6. The zero-order valence-electron chi connectivity index (χ0n) is 16.0. The van der Waals surface area contributed by atoms with Gasteiger partial charge < -0.3 is 9.47 Å². The molecule has 2 aromatic rings. The summed E-state index contributed by atoms with van der Waals surface area (Å²) in [5.74, 6) is 0.716. The minimum absolute atomic E-state index is 0.0433. The molecule has 2 aromatic heterocycles. The predicted octanol–water partition coefficient (Wildman–Crippen LogP) is 1.50. The maximum atomic E-state index is 12.8. The van der Waals surface area contributed by atoms with Crippen LogP contribution in [-0.2, 0) is 17.1 Å². The highest BCUT2D eigenvalue weighted by Gasteiger charge is 2.30. The van der Waals surface area contributed by atoms with E-state index in [4.69, 9.17) is 9.47 Å². The van der Waals surface area contributed by atoms with Gasteiger partial charge in [-0.3, -0.25) is 4.68 Å². The molecule has 0 radical (unpaired) electrons. The van der Waals surface area contributed by atoms with Crippen LogP contribution >= 0.6 is 0 Å². The van der Waals surface area contributed by atoms with Gasteiger partial charge in [0.25, 0.3) is 11.8 Å². The van der Waals surface area contributed by atoms with Crippen LogP contribution in [0.5, 0.6) is 11.8 Å². The molecule has 1 N–H and O–H groups in total. The Morgan fingerprint density at radius 2 is 1.74 bits per heavy atom. The lowest BCUT2D eigenvalue weighted by atomic mass is 9.94. The fourth-order valence-corrected chi connectivity index (χ4v) is 5.15. The van der Waals surface area contributed by atoms with Crippen LogP contribution in [0.25, 0.3) is 0 Å². The summed E-state index contributed by atoms with van der Waals surface area (Å²) >= 11 is 0. The van der Waals surface area contributed by atoms with Gasteiger partial charge in [0.2, 0.25) is 10.0 Å². The third kappa shape index (κ3) is 4.22. The molecule has 27 heavy (non-hydrogen) atoms. The van der Waals surface area contributed by atoms with Crippen molar-refractivity contribution in [2.75, 3.05) is 7.11 Å². The van der Waals surface area contributed by atoms with Crippen molar-refractivity contribution in [2.45, 2.75) is 56.6 Å². The molecular formula is C17H25N5O4S. The second-order valence-corrected chi connectivity index (χ2v) is 8.36. The third-order valence-corrected chi connectivity index (χ3v) is 6.58. The Labute approximate surface area is 159 Å². The Morgan fingerprint density at radius 3 is 2.30 bits per heavy atom. The number of aromatic nitrogens is 4. The molecule has 2 heterocycles. The van der Waals surface area contributed by atoms with E-state index in [-0.39, 0.29) is 17.0 Å². The standard InChI is InChI=1S/C17H25N5O4S/c1-11-15(12(2)22(3)20-11)27(23,24)21-13-5-7-14(8-6-13)26-17-16(25-4)18-9-10-19-17/h9-10,13-14,21H,5-8H2,1-4H3. The van der Waals surface area contributed by atoms with Gasteiger partial charge in [0.15, 0.2) is 0 Å². The number of rotatable bonds is 6. The lowest BCUT2D eigenvalue weighted by Gasteiger charge is -2.29. The van der Waals surface area contributed by atoms with E-state index in [1.165, 1.54) is 7.11 Å². The van der Waals surface area contributed by atoms with Gasteiger partial charge >= 0.3 is 0 Å². The van der Waals surface area contributed by atoms with Gasteiger partial charge in [-0.15, -0.1) is 0 Å². The molecule has 10 heteroatoms. The molecule has 1 saturated carbocycles. The van der Waals surface area contributed by atoms with Crippen LogP contribution in [0, 0.1) is 13.8 Å². The number of methoxy groups -OCH3 is 1. The van der Waals surface area contributed by atoms with Gasteiger partial charge in [-0.05, 0) is 39.5 Å². The number of sulfonamides is 1. The maximum Gasteiger partial charge on any atom is 0.278 e. The quantitative estimate of drug-likeness (QED) is 0.789. The van der Waals surface area contributed by atoms with Gasteiger partial charge in [0.1, 0.15) is 11.0 Å². The van der Waals surface area contributed by atoms with Crippen LogP contribution in [-0.4, -0.2) is 47.4 Å². The summed E-state index contributed by atoms with van der Waals surface area (Å²) in [7, 11) is -0.344. The molecule has 0 amide bonds. The van der Waals surface area contributed by atoms with E-state index in [1.807, 2.05) is 0 Å². The fraction of sp³-hybridized carbons (Fsp3) is 0.588. The monoisotopic (exact) mass is 395 g/mol. The van der Waals surface area contributed by atoms with Crippen molar-refractivity contribution in [1.29, 1.82) is 0 Å². The van der Waals surface area contributed by atoms with Crippen molar-refractivity contribution in [3.63, 3.8) is 0 Å². The SMILES string of the molecule is COc1nccnc1OC1CCC(NS(=O)(=O)c2c(C)nn(C)c2C)CC1. The highest BCUT2D eigenvalue weighted by atomic mass is 32.2. The Morgan fingerprint density at radius 1 is 1.11 bits per heavy atom. The first-order valence-electron chi connectivity index (χ1n) is 8.86. The first kappa shape index (κ1) is 19.6. The second kappa shape index (κ2) is 7.81. The number of aryl methyl sites for hydroxylation is 2. The third-order valence-electron chi connectivity index (χ3n) is 4.81. The van der Waals surface area contributed by atoms with Crippen molar-refractivity contribution in [3.05, 3.63) is 23.8 Å². The van der Waals surface area contributed by atoms with E-state index >= 15 is 0 Å². The molecule has 0 saturated heterocycles. The van der Waals surface area contributed by atoms with E-state index < -0.39 is 10.0 Å². The molecule has 0 aromatic carbocycles. The molecule has 0 aliphatic heterocycles. The van der Waals surface area contributed by atoms with Crippen LogP contribution in [0.4, 0.5) is 0 Å². The van der Waals surface area contributed by atoms with Gasteiger partial charge in [-0.25, -0.2) is 23.1 Å². The summed E-state index contributed by atoms with van der Waals surface area (Å²) in [6.45, 7) is 3.47. The Kier molecular flexibility index (Phi) is 5.66. The van der Waals surface area contributed by atoms with Crippen LogP contribution in [0.15, 0.2) is 17.3 Å². The average Bonchev–Trinajstić information content (AvgIpc) is 2.89. The summed E-state index contributed by atoms with van der Waals surface area (Å²) in [6.07, 6.45) is 5.86. The normalized spacial score (nSPS) is 20.4. The van der Waals surface area contributed by atoms with Gasteiger partial charge in [-0.2, -0.15) is 5.10 Å². The van der Waals surface area contributed by atoms with Gasteiger partial charge in [-0.1, -0.05) is 0 Å². The molecule has 0 unspecified atom stereocenters. The maximum absolute atomic E-state index is 12.8. The number of hydrogen-bond acceptors (Lipinski definition) is 7. The van der Waals surface area contributed by atoms with E-state index in [0.29, 0.717) is 36.0 Å². The smallest absolute Gasteiger partial charge is 0.278 e. The molecule has 148 valence electrons. The fourth-order valence-electron chi connectivity index (χ4n) is 3.41. The van der Waals surface area contributed by atoms with Crippen LogP contribution in [0.1, 0.15) is 37.1 Å². The lowest BCUT2D eigenvalue weighted by Crippen LogP contribution is -2.40. The molecule has 3 rings (SSSR count). The Hall–Kier alpha value is -2.20. The molecule has 1 aliphatic carbocycles. The molecule has 1 fully saturated rings. The Bertz CT molecular complexity index is 904. The van der Waals surface area contributed by atoms with E-state index in [1.54, 1.807) is 38.0 Å². The molecule has 1 aliphatic rings. The highest BCUT2D eigenvalue weighted by molar-refractivity contribution is 7.89. The van der Waals surface area contributed by atoms with Gasteiger partial charge in [0.05, 0.1) is 18.5 Å². The first-order valence-corrected chi connectivity index (χ1v) is 10.3. The lowest BCUT2D eigenvalue weighted by molar-refractivity contribution is 0.132. The number of nitrogens with zero attached hydrogens (tertiary/aromatic N) is 4. The number of hydrogen-bond donors (Lipinski definition) is 1. The van der Waals surface area contributed by atoms with Crippen molar-refractivity contribution < 1.29 is 17.9 Å². The Balaban J connectivity index is 1.61. The summed E-state index contributed by atoms with van der Waals surface area (Å²) in [6, 6.07) is -0.127. The minimum atomic E-state index is -3.60. The summed E-state index contributed by atoms with van der Waals surface area (Å²) < 4.78 is 41.0. The molecular weight excluding hydrogens is 370 g/mol. The van der Waals surface area contributed by atoms with E-state index in [9.17, 15) is 8.42 Å². The van der Waals surface area contributed by atoms with Gasteiger partial charge in [0, 0.05) is 25.5 Å². The van der Waals surface area contributed by atoms with Crippen molar-refractivity contribution >= 4 is 10.0 Å². The van der Waals surface area contributed by atoms with Crippen LogP contribution in [0.3, 0.4) is 0 Å². The topological polar surface area (TPSA) is 108 Å². The molecule has 9 nitrogen and oxygen atoms in total. The largest absolute Gasteiger partial charge is 0.477 e. The van der Waals surface area contributed by atoms with Crippen LogP contribution in [0.2, 0.25) is 0 Å². The average molecular weight is 395 g/mol. The first-order chi connectivity index (χ1) is 12.8. The zero-order valence-corrected chi connectivity index (χ0v) is 16.8. The molecule has 0 atom stereocenters. The summed E-state index contributed by atoms with van der Waals surface area (Å²) in [5, 5.41) is 4.20. The predicted molar refractivity (Wildman–Crippen MR) is 98.3 cm³/mol. The second-order valence-electron chi connectivity index (χ2n) is 6.71. The van der Waals surface area contributed by atoms with Crippen LogP contribution < -0.4 is 14.2 Å². The number of nitrogens with one attached hydrogen (secondary N) is 1. The van der Waals surface area contributed by atoms with E-state index in [0.717, 1.165) is 12.8 Å². The van der Waals surface area contributed by atoms with E-state index in [2.05, 4.69) is 19.8 Å². The highest BCUT2D eigenvalue weighted by Crippen LogP contribution is 2.28. The molecule has 0 spiro atoms. The number of ether oxygens (including phenoxy) is 2. The van der Waals surface area contributed by atoms with Crippen molar-refractivity contribution in [2.24, 2.45) is 7.05 Å². The minimum Gasteiger partial charge on any atom is -0.477 e. The summed E-state index contributed by atoms with van der Waals surface area (Å²) in [4.78, 5) is 8.49. The van der Waals surface area contributed by atoms with Crippen molar-refractivity contribution in [1.82, 2.24) is 24.5 Å². The summed E-state index contributed by atoms with van der Waals surface area (Å²) in [5.41, 5.74) is 1.14. The van der Waals surface area contributed by atoms with Crippen molar-refractivity contribution in [3.8, 4) is 11.8 Å².